The van der Waals surface area contributed by atoms with Crippen LogP contribution in [0.3, 0.4) is 0 Å². The van der Waals surface area contributed by atoms with Crippen molar-refractivity contribution in [3.8, 4) is 11.1 Å². The third-order valence-electron chi connectivity index (χ3n) is 4.52. The van der Waals surface area contributed by atoms with Gasteiger partial charge in [0.05, 0.1) is 0 Å². The lowest BCUT2D eigenvalue weighted by Gasteiger charge is -2.22. The molecule has 2 nitrogen and oxygen atoms in total. The maximum atomic E-state index is 11.8. The molecule has 0 spiro atoms. The molecule has 0 saturated carbocycles. The molecule has 2 aromatic rings. The molecule has 0 bridgehead atoms. The van der Waals surface area contributed by atoms with Crippen LogP contribution in [0.4, 0.5) is 0 Å². The second-order valence-electron chi connectivity index (χ2n) is 6.01. The standard InChI is InChI=1S/C20H20O2/c1-13(21)15-7-9-16(10-8-15)18-12-11-17(14(2)22)19-5-3-4-6-20(18)19/h7-12H,3-6H2,1-2H3. The summed E-state index contributed by atoms with van der Waals surface area (Å²) in [7, 11) is 0. The van der Waals surface area contributed by atoms with E-state index in [4.69, 9.17) is 0 Å². The Labute approximate surface area is 131 Å². The Morgan fingerprint density at radius 1 is 0.773 bits per heavy atom. The van der Waals surface area contributed by atoms with Crippen molar-refractivity contribution in [2.45, 2.75) is 39.5 Å². The summed E-state index contributed by atoms with van der Waals surface area (Å²) in [6.07, 6.45) is 4.34. The molecule has 1 aliphatic carbocycles. The third-order valence-corrected chi connectivity index (χ3v) is 4.52. The van der Waals surface area contributed by atoms with Crippen molar-refractivity contribution >= 4 is 11.6 Å². The fourth-order valence-corrected chi connectivity index (χ4v) is 3.35. The van der Waals surface area contributed by atoms with E-state index in [1.54, 1.807) is 13.8 Å². The van der Waals surface area contributed by atoms with Crippen LogP contribution in [0.2, 0.25) is 0 Å². The molecule has 2 heteroatoms. The first-order chi connectivity index (χ1) is 10.6. The first kappa shape index (κ1) is 14.7. The van der Waals surface area contributed by atoms with E-state index < -0.39 is 0 Å². The number of carbonyl (C=O) groups is 2. The maximum Gasteiger partial charge on any atom is 0.160 e. The number of carbonyl (C=O) groups excluding carboxylic acids is 2. The van der Waals surface area contributed by atoms with Gasteiger partial charge < -0.3 is 0 Å². The highest BCUT2D eigenvalue weighted by molar-refractivity contribution is 5.97. The lowest BCUT2D eigenvalue weighted by Crippen LogP contribution is -2.10. The van der Waals surface area contributed by atoms with Gasteiger partial charge in [0.1, 0.15) is 0 Å². The van der Waals surface area contributed by atoms with Gasteiger partial charge in [-0.15, -0.1) is 0 Å². The fraction of sp³-hybridized carbons (Fsp3) is 0.300. The minimum Gasteiger partial charge on any atom is -0.295 e. The van der Waals surface area contributed by atoms with E-state index in [1.807, 2.05) is 30.3 Å². The van der Waals surface area contributed by atoms with Crippen LogP contribution in [0.1, 0.15) is 58.5 Å². The predicted molar refractivity (Wildman–Crippen MR) is 88.5 cm³/mol. The summed E-state index contributed by atoms with van der Waals surface area (Å²) in [5, 5.41) is 0. The van der Waals surface area contributed by atoms with Crippen molar-refractivity contribution in [3.63, 3.8) is 0 Å². The van der Waals surface area contributed by atoms with E-state index in [-0.39, 0.29) is 11.6 Å². The predicted octanol–water partition coefficient (Wildman–Crippen LogP) is 4.64. The van der Waals surface area contributed by atoms with Gasteiger partial charge in [0.25, 0.3) is 0 Å². The smallest absolute Gasteiger partial charge is 0.160 e. The molecule has 0 saturated heterocycles. The molecule has 2 aromatic carbocycles. The molecule has 0 atom stereocenters. The molecule has 0 radical (unpaired) electrons. The van der Waals surface area contributed by atoms with Crippen LogP contribution in [0, 0.1) is 0 Å². The fourth-order valence-electron chi connectivity index (χ4n) is 3.35. The van der Waals surface area contributed by atoms with Crippen LogP contribution in [0.5, 0.6) is 0 Å². The van der Waals surface area contributed by atoms with Crippen molar-refractivity contribution < 1.29 is 9.59 Å². The molecule has 22 heavy (non-hydrogen) atoms. The highest BCUT2D eigenvalue weighted by Gasteiger charge is 2.19. The number of ketones is 2. The van der Waals surface area contributed by atoms with Gasteiger partial charge in [0.15, 0.2) is 11.6 Å². The Morgan fingerprint density at radius 2 is 1.41 bits per heavy atom. The van der Waals surface area contributed by atoms with Crippen LogP contribution in [-0.2, 0) is 12.8 Å². The van der Waals surface area contributed by atoms with Gasteiger partial charge in [0.2, 0.25) is 0 Å². The Kier molecular flexibility index (Phi) is 3.93. The van der Waals surface area contributed by atoms with Crippen LogP contribution >= 0.6 is 0 Å². The minimum atomic E-state index is 0.0838. The number of hydrogen-bond acceptors (Lipinski definition) is 2. The number of hydrogen-bond donors (Lipinski definition) is 0. The summed E-state index contributed by atoms with van der Waals surface area (Å²) >= 11 is 0. The summed E-state index contributed by atoms with van der Waals surface area (Å²) in [4.78, 5) is 23.3. The zero-order valence-corrected chi connectivity index (χ0v) is 13.1. The zero-order chi connectivity index (χ0) is 15.7. The van der Waals surface area contributed by atoms with E-state index in [0.29, 0.717) is 0 Å². The molecule has 0 heterocycles. The van der Waals surface area contributed by atoms with E-state index in [1.165, 1.54) is 23.1 Å². The minimum absolute atomic E-state index is 0.0838. The monoisotopic (exact) mass is 292 g/mol. The summed E-state index contributed by atoms with van der Waals surface area (Å²) < 4.78 is 0. The maximum absolute atomic E-state index is 11.8. The molecule has 3 rings (SSSR count). The second kappa shape index (κ2) is 5.88. The molecule has 112 valence electrons. The highest BCUT2D eigenvalue weighted by Crippen LogP contribution is 2.34. The zero-order valence-electron chi connectivity index (χ0n) is 13.1. The van der Waals surface area contributed by atoms with E-state index in [2.05, 4.69) is 6.07 Å². The van der Waals surface area contributed by atoms with Crippen molar-refractivity contribution in [1.82, 2.24) is 0 Å². The highest BCUT2D eigenvalue weighted by atomic mass is 16.1. The summed E-state index contributed by atoms with van der Waals surface area (Å²) in [5.74, 6) is 0.233. The molecule has 0 unspecified atom stereocenters. The average molecular weight is 292 g/mol. The lowest BCUT2D eigenvalue weighted by molar-refractivity contribution is 0.100. The van der Waals surface area contributed by atoms with Gasteiger partial charge in [0, 0.05) is 11.1 Å². The Morgan fingerprint density at radius 3 is 2.00 bits per heavy atom. The van der Waals surface area contributed by atoms with Gasteiger partial charge in [-0.25, -0.2) is 0 Å². The molecule has 1 aliphatic rings. The van der Waals surface area contributed by atoms with Crippen molar-refractivity contribution in [1.29, 1.82) is 0 Å². The second-order valence-corrected chi connectivity index (χ2v) is 6.01. The number of rotatable bonds is 3. The first-order valence-electron chi connectivity index (χ1n) is 7.85. The summed E-state index contributed by atoms with van der Waals surface area (Å²) in [6, 6.07) is 11.8. The summed E-state index contributed by atoms with van der Waals surface area (Å²) in [6.45, 7) is 3.23. The Hall–Kier alpha value is -2.22. The normalized spacial score (nSPS) is 13.5. The van der Waals surface area contributed by atoms with Crippen molar-refractivity contribution in [2.24, 2.45) is 0 Å². The molecule has 0 fully saturated rings. The molecular formula is C20H20O2. The van der Waals surface area contributed by atoms with Crippen LogP contribution < -0.4 is 0 Å². The molecule has 0 N–H and O–H groups in total. The number of benzene rings is 2. The first-order valence-corrected chi connectivity index (χ1v) is 7.85. The SMILES string of the molecule is CC(=O)c1ccc(-c2ccc(C(C)=O)c3c2CCCC3)cc1. The molecule has 0 amide bonds. The average Bonchev–Trinajstić information content (AvgIpc) is 2.53. The van der Waals surface area contributed by atoms with E-state index in [0.717, 1.165) is 36.0 Å². The summed E-state index contributed by atoms with van der Waals surface area (Å²) in [5.41, 5.74) is 6.48. The van der Waals surface area contributed by atoms with E-state index >= 15 is 0 Å². The van der Waals surface area contributed by atoms with Crippen LogP contribution in [0.15, 0.2) is 36.4 Å². The topological polar surface area (TPSA) is 34.1 Å². The van der Waals surface area contributed by atoms with Crippen molar-refractivity contribution in [3.05, 3.63) is 58.7 Å². The van der Waals surface area contributed by atoms with Gasteiger partial charge in [-0.05, 0) is 61.8 Å². The quantitative estimate of drug-likeness (QED) is 0.772. The van der Waals surface area contributed by atoms with Crippen LogP contribution in [0.25, 0.3) is 11.1 Å². The largest absolute Gasteiger partial charge is 0.295 e. The Bertz CT molecular complexity index is 739. The molecule has 0 aliphatic heterocycles. The Balaban J connectivity index is 2.11. The van der Waals surface area contributed by atoms with Crippen molar-refractivity contribution in [2.75, 3.05) is 0 Å². The molecular weight excluding hydrogens is 272 g/mol. The third kappa shape index (κ3) is 2.61. The van der Waals surface area contributed by atoms with Gasteiger partial charge in [-0.1, -0.05) is 36.4 Å². The molecule has 0 aromatic heterocycles. The number of Topliss-reactive ketones (excluding diaryl/α,β-unsaturated/α-hetero) is 2. The lowest BCUT2D eigenvalue weighted by atomic mass is 9.82. The van der Waals surface area contributed by atoms with E-state index in [9.17, 15) is 9.59 Å². The van der Waals surface area contributed by atoms with Crippen LogP contribution in [-0.4, -0.2) is 11.6 Å². The van der Waals surface area contributed by atoms with Gasteiger partial charge in [-0.2, -0.15) is 0 Å². The van der Waals surface area contributed by atoms with Gasteiger partial charge >= 0.3 is 0 Å². The number of fused-ring (bicyclic) bond motifs is 1. The van der Waals surface area contributed by atoms with Gasteiger partial charge in [-0.3, -0.25) is 9.59 Å².